The Morgan fingerprint density at radius 3 is 3.00 bits per heavy atom. The van der Waals surface area contributed by atoms with Crippen LogP contribution >= 0.6 is 11.8 Å². The van der Waals surface area contributed by atoms with Crippen LogP contribution in [0.5, 0.6) is 5.75 Å². The van der Waals surface area contributed by atoms with Gasteiger partial charge in [-0.15, -0.1) is 11.8 Å². The van der Waals surface area contributed by atoms with Crippen LogP contribution in [0.2, 0.25) is 0 Å². The van der Waals surface area contributed by atoms with E-state index in [0.717, 1.165) is 30.1 Å². The lowest BCUT2D eigenvalue weighted by Crippen LogP contribution is -2.19. The molecule has 2 rings (SSSR count). The first-order valence-electron chi connectivity index (χ1n) is 6.84. The Labute approximate surface area is 124 Å². The standard InChI is InChI=1S/C15H22N2O2S/c1-15(2,3)20-10-14(18)17-12-4-5-13-11(8-12)9-16-6-7-19-13/h4-5,8,16H,6-7,9-10H2,1-3H3,(H,17,18). The Morgan fingerprint density at radius 1 is 1.45 bits per heavy atom. The molecule has 1 aromatic carbocycles. The molecule has 0 radical (unpaired) electrons. The second-order valence-corrected chi connectivity index (χ2v) is 7.60. The van der Waals surface area contributed by atoms with Crippen molar-refractivity contribution in [3.63, 3.8) is 0 Å². The molecule has 0 fully saturated rings. The predicted octanol–water partition coefficient (Wildman–Crippen LogP) is 2.64. The quantitative estimate of drug-likeness (QED) is 0.900. The van der Waals surface area contributed by atoms with Crippen molar-refractivity contribution in [3.8, 4) is 5.75 Å². The predicted molar refractivity (Wildman–Crippen MR) is 84.5 cm³/mol. The van der Waals surface area contributed by atoms with E-state index in [2.05, 4.69) is 31.4 Å². The third-order valence-corrected chi connectivity index (χ3v) is 4.10. The van der Waals surface area contributed by atoms with Gasteiger partial charge in [0.15, 0.2) is 0 Å². The first-order valence-corrected chi connectivity index (χ1v) is 7.83. The largest absolute Gasteiger partial charge is 0.492 e. The highest BCUT2D eigenvalue weighted by molar-refractivity contribution is 8.01. The number of carbonyl (C=O) groups is 1. The summed E-state index contributed by atoms with van der Waals surface area (Å²) in [5.74, 6) is 1.40. The van der Waals surface area contributed by atoms with E-state index < -0.39 is 0 Å². The van der Waals surface area contributed by atoms with Gasteiger partial charge in [-0.25, -0.2) is 0 Å². The van der Waals surface area contributed by atoms with Crippen molar-refractivity contribution in [3.05, 3.63) is 23.8 Å². The second kappa shape index (κ2) is 6.50. The Hall–Kier alpha value is -1.20. The Kier molecular flexibility index (Phi) is 4.94. The van der Waals surface area contributed by atoms with Crippen LogP contribution in [0.1, 0.15) is 26.3 Å². The minimum atomic E-state index is 0.0346. The molecule has 0 saturated carbocycles. The van der Waals surface area contributed by atoms with E-state index in [1.54, 1.807) is 11.8 Å². The number of hydrogen-bond donors (Lipinski definition) is 2. The van der Waals surface area contributed by atoms with Crippen molar-refractivity contribution in [1.29, 1.82) is 0 Å². The van der Waals surface area contributed by atoms with Gasteiger partial charge in [0.1, 0.15) is 12.4 Å². The van der Waals surface area contributed by atoms with E-state index in [1.807, 2.05) is 18.2 Å². The van der Waals surface area contributed by atoms with E-state index in [1.165, 1.54) is 0 Å². The molecule has 0 unspecified atom stereocenters. The summed E-state index contributed by atoms with van der Waals surface area (Å²) >= 11 is 1.64. The summed E-state index contributed by atoms with van der Waals surface area (Å²) in [6, 6.07) is 5.80. The third kappa shape index (κ3) is 4.72. The molecule has 4 nitrogen and oxygen atoms in total. The van der Waals surface area contributed by atoms with Crippen LogP contribution < -0.4 is 15.4 Å². The zero-order valence-electron chi connectivity index (χ0n) is 12.3. The summed E-state index contributed by atoms with van der Waals surface area (Å²) in [7, 11) is 0. The lowest BCUT2D eigenvalue weighted by Gasteiger charge is -2.17. The highest BCUT2D eigenvalue weighted by Crippen LogP contribution is 2.25. The molecule has 0 saturated heterocycles. The van der Waals surface area contributed by atoms with Crippen molar-refractivity contribution < 1.29 is 9.53 Å². The summed E-state index contributed by atoms with van der Waals surface area (Å²) in [4.78, 5) is 11.9. The molecule has 0 aliphatic carbocycles. The second-order valence-electron chi connectivity index (χ2n) is 5.80. The van der Waals surface area contributed by atoms with E-state index in [0.29, 0.717) is 12.4 Å². The first kappa shape index (κ1) is 15.2. The highest BCUT2D eigenvalue weighted by Gasteiger charge is 2.14. The van der Waals surface area contributed by atoms with Crippen molar-refractivity contribution in [2.24, 2.45) is 0 Å². The summed E-state index contributed by atoms with van der Waals surface area (Å²) in [5.41, 5.74) is 1.92. The fourth-order valence-corrected chi connectivity index (χ4v) is 2.51. The average Bonchev–Trinajstić information content (AvgIpc) is 2.60. The lowest BCUT2D eigenvalue weighted by atomic mass is 10.1. The van der Waals surface area contributed by atoms with Gasteiger partial charge in [0.05, 0.1) is 5.75 Å². The molecule has 0 atom stereocenters. The number of anilines is 1. The molecule has 0 spiro atoms. The number of fused-ring (bicyclic) bond motifs is 1. The number of hydrogen-bond acceptors (Lipinski definition) is 4. The van der Waals surface area contributed by atoms with Crippen LogP contribution in [-0.2, 0) is 11.3 Å². The van der Waals surface area contributed by atoms with Crippen LogP contribution in [-0.4, -0.2) is 29.6 Å². The van der Waals surface area contributed by atoms with Crippen LogP contribution in [0.15, 0.2) is 18.2 Å². The zero-order valence-corrected chi connectivity index (χ0v) is 13.1. The maximum atomic E-state index is 11.9. The van der Waals surface area contributed by atoms with Gasteiger partial charge in [-0.1, -0.05) is 20.8 Å². The summed E-state index contributed by atoms with van der Waals surface area (Å²) in [5, 5.41) is 6.23. The van der Waals surface area contributed by atoms with Crippen LogP contribution in [0, 0.1) is 0 Å². The van der Waals surface area contributed by atoms with Gasteiger partial charge < -0.3 is 15.4 Å². The van der Waals surface area contributed by atoms with E-state index in [9.17, 15) is 4.79 Å². The topological polar surface area (TPSA) is 50.4 Å². The summed E-state index contributed by atoms with van der Waals surface area (Å²) in [6.45, 7) is 8.62. The van der Waals surface area contributed by atoms with Gasteiger partial charge >= 0.3 is 0 Å². The molecule has 5 heteroatoms. The molecule has 0 aromatic heterocycles. The average molecular weight is 294 g/mol. The number of rotatable bonds is 3. The first-order chi connectivity index (χ1) is 9.44. The van der Waals surface area contributed by atoms with Gasteiger partial charge in [0.2, 0.25) is 5.91 Å². The summed E-state index contributed by atoms with van der Waals surface area (Å²) in [6.07, 6.45) is 0. The Balaban J connectivity index is 1.96. The normalized spacial score (nSPS) is 14.9. The van der Waals surface area contributed by atoms with Gasteiger partial charge in [-0.05, 0) is 18.2 Å². The molecular formula is C15H22N2O2S. The molecule has 1 amide bonds. The molecule has 20 heavy (non-hydrogen) atoms. The van der Waals surface area contributed by atoms with Crippen LogP contribution in [0.3, 0.4) is 0 Å². The number of benzene rings is 1. The SMILES string of the molecule is CC(C)(C)SCC(=O)Nc1ccc2c(c1)CNCCO2. The maximum Gasteiger partial charge on any atom is 0.234 e. The van der Waals surface area contributed by atoms with Gasteiger partial charge in [-0.2, -0.15) is 0 Å². The van der Waals surface area contributed by atoms with Crippen molar-refractivity contribution in [2.45, 2.75) is 32.1 Å². The molecule has 0 bridgehead atoms. The van der Waals surface area contributed by atoms with E-state index in [-0.39, 0.29) is 10.7 Å². The highest BCUT2D eigenvalue weighted by atomic mass is 32.2. The van der Waals surface area contributed by atoms with Crippen LogP contribution in [0.4, 0.5) is 5.69 Å². The zero-order chi connectivity index (χ0) is 14.6. The number of ether oxygens (including phenoxy) is 1. The minimum absolute atomic E-state index is 0.0346. The number of nitrogens with one attached hydrogen (secondary N) is 2. The monoisotopic (exact) mass is 294 g/mol. The van der Waals surface area contributed by atoms with Crippen molar-refractivity contribution in [1.82, 2.24) is 5.32 Å². The fraction of sp³-hybridized carbons (Fsp3) is 0.533. The minimum Gasteiger partial charge on any atom is -0.492 e. The summed E-state index contributed by atoms with van der Waals surface area (Å²) < 4.78 is 5.72. The van der Waals surface area contributed by atoms with Crippen LogP contribution in [0.25, 0.3) is 0 Å². The number of carbonyl (C=O) groups excluding carboxylic acids is 1. The van der Waals surface area contributed by atoms with Crippen molar-refractivity contribution in [2.75, 3.05) is 24.2 Å². The van der Waals surface area contributed by atoms with Gasteiger partial charge in [0.25, 0.3) is 0 Å². The van der Waals surface area contributed by atoms with Gasteiger partial charge in [-0.3, -0.25) is 4.79 Å². The fourth-order valence-electron chi connectivity index (χ4n) is 1.87. The van der Waals surface area contributed by atoms with E-state index >= 15 is 0 Å². The molecular weight excluding hydrogens is 272 g/mol. The third-order valence-electron chi connectivity index (χ3n) is 2.83. The number of amides is 1. The van der Waals surface area contributed by atoms with Crippen molar-refractivity contribution >= 4 is 23.4 Å². The molecule has 110 valence electrons. The van der Waals surface area contributed by atoms with Gasteiger partial charge in [0, 0.05) is 29.1 Å². The Bertz CT molecular complexity index is 483. The Morgan fingerprint density at radius 2 is 2.25 bits per heavy atom. The maximum absolute atomic E-state index is 11.9. The lowest BCUT2D eigenvalue weighted by molar-refractivity contribution is -0.113. The molecule has 1 aliphatic heterocycles. The molecule has 1 heterocycles. The smallest absolute Gasteiger partial charge is 0.234 e. The molecule has 1 aliphatic rings. The number of thioether (sulfide) groups is 1. The van der Waals surface area contributed by atoms with E-state index in [4.69, 9.17) is 4.74 Å². The molecule has 1 aromatic rings. The molecule has 2 N–H and O–H groups in total.